The Balaban J connectivity index is 2.14. The summed E-state index contributed by atoms with van der Waals surface area (Å²) in [5, 5.41) is 2.69. The Kier molecular flexibility index (Phi) is 4.66. The van der Waals surface area contributed by atoms with Gasteiger partial charge in [0.15, 0.2) is 0 Å². The number of aromatic nitrogens is 1. The van der Waals surface area contributed by atoms with E-state index < -0.39 is 0 Å². The van der Waals surface area contributed by atoms with Crippen molar-refractivity contribution in [3.8, 4) is 10.6 Å². The molecule has 6 heteroatoms. The van der Waals surface area contributed by atoms with Crippen molar-refractivity contribution in [1.29, 1.82) is 0 Å². The largest absolute Gasteiger partial charge is 0.469 e. The predicted octanol–water partition coefficient (Wildman–Crippen LogP) is 3.82. The number of thiazole rings is 1. The first-order chi connectivity index (χ1) is 9.10. The Morgan fingerprint density at radius 3 is 3.00 bits per heavy atom. The maximum Gasteiger partial charge on any atom is 0.305 e. The summed E-state index contributed by atoms with van der Waals surface area (Å²) >= 11 is 4.79. The number of halogens is 2. The lowest BCUT2D eigenvalue weighted by atomic mass is 10.2. The summed E-state index contributed by atoms with van der Waals surface area (Å²) in [6.07, 6.45) is 0.853. The minimum Gasteiger partial charge on any atom is -0.469 e. The summed E-state index contributed by atoms with van der Waals surface area (Å²) in [5.74, 6) is -0.546. The number of carbonyl (C=O) groups is 1. The molecule has 3 nitrogen and oxygen atoms in total. The Morgan fingerprint density at radius 2 is 2.32 bits per heavy atom. The highest BCUT2D eigenvalue weighted by Gasteiger charge is 2.10. The smallest absolute Gasteiger partial charge is 0.305 e. The van der Waals surface area contributed by atoms with Crippen LogP contribution < -0.4 is 0 Å². The van der Waals surface area contributed by atoms with Gasteiger partial charge in [0.2, 0.25) is 0 Å². The van der Waals surface area contributed by atoms with E-state index in [1.54, 1.807) is 6.07 Å². The molecule has 0 bridgehead atoms. The van der Waals surface area contributed by atoms with Crippen molar-refractivity contribution in [3.05, 3.63) is 39.6 Å². The second kappa shape index (κ2) is 6.25. The summed E-state index contributed by atoms with van der Waals surface area (Å²) in [5.41, 5.74) is 1.68. The molecule has 0 spiro atoms. The molecule has 0 radical (unpaired) electrons. The number of hydrogen-bond acceptors (Lipinski definition) is 4. The summed E-state index contributed by atoms with van der Waals surface area (Å²) in [4.78, 5) is 15.5. The van der Waals surface area contributed by atoms with Crippen LogP contribution in [0.3, 0.4) is 0 Å². The predicted molar refractivity (Wildman–Crippen MR) is 75.5 cm³/mol. The summed E-state index contributed by atoms with van der Waals surface area (Å²) in [6, 6.07) is 4.49. The number of ether oxygens (including phenoxy) is 1. The van der Waals surface area contributed by atoms with Crippen molar-refractivity contribution in [3.63, 3.8) is 0 Å². The molecule has 1 aromatic carbocycles. The topological polar surface area (TPSA) is 39.2 Å². The van der Waals surface area contributed by atoms with Crippen LogP contribution in [0.1, 0.15) is 12.1 Å². The van der Waals surface area contributed by atoms with Crippen LogP contribution in [0.2, 0.25) is 0 Å². The lowest BCUT2D eigenvalue weighted by molar-refractivity contribution is -0.140. The third-order valence-electron chi connectivity index (χ3n) is 2.53. The van der Waals surface area contributed by atoms with E-state index in [9.17, 15) is 9.18 Å². The average Bonchev–Trinajstić information content (AvgIpc) is 2.84. The molecule has 100 valence electrons. The van der Waals surface area contributed by atoms with Gasteiger partial charge in [0, 0.05) is 21.8 Å². The molecular formula is C13H11BrFNO2S. The first kappa shape index (κ1) is 14.1. The molecule has 0 amide bonds. The standard InChI is InChI=1S/C13H11BrFNO2S/c1-18-12(17)5-3-9-7-19-13(16-9)10-4-2-8(15)6-11(10)14/h2,4,6-7H,3,5H2,1H3. The van der Waals surface area contributed by atoms with Gasteiger partial charge in [-0.05, 0) is 34.1 Å². The van der Waals surface area contributed by atoms with Crippen molar-refractivity contribution in [1.82, 2.24) is 4.98 Å². The molecule has 0 N–H and O–H groups in total. The van der Waals surface area contributed by atoms with Gasteiger partial charge in [0.25, 0.3) is 0 Å². The van der Waals surface area contributed by atoms with E-state index in [2.05, 4.69) is 25.7 Å². The van der Waals surface area contributed by atoms with Gasteiger partial charge in [-0.15, -0.1) is 11.3 Å². The van der Waals surface area contributed by atoms with Crippen molar-refractivity contribution in [2.24, 2.45) is 0 Å². The zero-order chi connectivity index (χ0) is 13.8. The number of hydrogen-bond donors (Lipinski definition) is 0. The summed E-state index contributed by atoms with van der Waals surface area (Å²) in [6.45, 7) is 0. The molecule has 0 aliphatic heterocycles. The number of aryl methyl sites for hydroxylation is 1. The minimum atomic E-state index is -0.293. The first-order valence-corrected chi connectivity index (χ1v) is 7.24. The van der Waals surface area contributed by atoms with E-state index >= 15 is 0 Å². The summed E-state index contributed by atoms with van der Waals surface area (Å²) < 4.78 is 18.3. The monoisotopic (exact) mass is 343 g/mol. The highest BCUT2D eigenvalue weighted by Crippen LogP contribution is 2.31. The van der Waals surface area contributed by atoms with Crippen LogP contribution in [0.25, 0.3) is 10.6 Å². The molecule has 19 heavy (non-hydrogen) atoms. The Bertz CT molecular complexity index is 600. The molecule has 2 rings (SSSR count). The Hall–Kier alpha value is -1.27. The van der Waals surface area contributed by atoms with Crippen LogP contribution in [-0.2, 0) is 16.0 Å². The van der Waals surface area contributed by atoms with Crippen molar-refractivity contribution in [2.75, 3.05) is 7.11 Å². The minimum absolute atomic E-state index is 0.252. The van der Waals surface area contributed by atoms with Crippen LogP contribution >= 0.6 is 27.3 Å². The van der Waals surface area contributed by atoms with Crippen molar-refractivity contribution in [2.45, 2.75) is 12.8 Å². The molecule has 0 unspecified atom stereocenters. The Morgan fingerprint density at radius 1 is 1.53 bits per heavy atom. The van der Waals surface area contributed by atoms with Crippen molar-refractivity contribution < 1.29 is 13.9 Å². The van der Waals surface area contributed by atoms with Gasteiger partial charge in [-0.2, -0.15) is 0 Å². The molecule has 2 aromatic rings. The number of nitrogens with zero attached hydrogens (tertiary/aromatic N) is 1. The van der Waals surface area contributed by atoms with E-state index in [4.69, 9.17) is 0 Å². The summed E-state index contributed by atoms with van der Waals surface area (Å²) in [7, 11) is 1.37. The van der Waals surface area contributed by atoms with Crippen LogP contribution in [0.4, 0.5) is 4.39 Å². The van der Waals surface area contributed by atoms with Crippen LogP contribution in [0.5, 0.6) is 0 Å². The van der Waals surface area contributed by atoms with E-state index in [1.807, 2.05) is 5.38 Å². The van der Waals surface area contributed by atoms with Gasteiger partial charge in [-0.1, -0.05) is 0 Å². The maximum atomic E-state index is 13.0. The van der Waals surface area contributed by atoms with Gasteiger partial charge in [0.05, 0.1) is 19.2 Å². The lowest BCUT2D eigenvalue weighted by Gasteiger charge is -2.00. The van der Waals surface area contributed by atoms with Crippen LogP contribution in [0, 0.1) is 5.82 Å². The second-order valence-corrected chi connectivity index (χ2v) is 5.56. The SMILES string of the molecule is COC(=O)CCc1csc(-c2ccc(F)cc2Br)n1. The normalized spacial score (nSPS) is 10.5. The fraction of sp³-hybridized carbons (Fsp3) is 0.231. The highest BCUT2D eigenvalue weighted by molar-refractivity contribution is 9.10. The first-order valence-electron chi connectivity index (χ1n) is 5.57. The zero-order valence-corrected chi connectivity index (χ0v) is 12.6. The fourth-order valence-electron chi connectivity index (χ4n) is 1.54. The number of carbonyl (C=O) groups excluding carboxylic acids is 1. The Labute approximate surface area is 122 Å². The molecule has 0 atom stereocenters. The highest BCUT2D eigenvalue weighted by atomic mass is 79.9. The molecule has 0 aliphatic carbocycles. The van der Waals surface area contributed by atoms with E-state index in [-0.39, 0.29) is 11.8 Å². The van der Waals surface area contributed by atoms with Gasteiger partial charge in [0.1, 0.15) is 10.8 Å². The molecule has 1 heterocycles. The molecule has 0 fully saturated rings. The quantitative estimate of drug-likeness (QED) is 0.792. The molecular weight excluding hydrogens is 333 g/mol. The van der Waals surface area contributed by atoms with E-state index in [0.29, 0.717) is 17.3 Å². The fourth-order valence-corrected chi connectivity index (χ4v) is 3.10. The number of rotatable bonds is 4. The number of esters is 1. The number of methoxy groups -OCH3 is 1. The number of benzene rings is 1. The third kappa shape index (κ3) is 3.61. The molecule has 0 saturated heterocycles. The molecule has 0 aliphatic rings. The van der Waals surface area contributed by atoms with Gasteiger partial charge in [-0.3, -0.25) is 4.79 Å². The van der Waals surface area contributed by atoms with Crippen LogP contribution in [-0.4, -0.2) is 18.1 Å². The van der Waals surface area contributed by atoms with Crippen molar-refractivity contribution >= 4 is 33.2 Å². The third-order valence-corrected chi connectivity index (χ3v) is 4.11. The molecule has 1 aromatic heterocycles. The van der Waals surface area contributed by atoms with Crippen LogP contribution in [0.15, 0.2) is 28.1 Å². The van der Waals surface area contributed by atoms with Gasteiger partial charge >= 0.3 is 5.97 Å². The second-order valence-electron chi connectivity index (χ2n) is 3.84. The average molecular weight is 344 g/mol. The van der Waals surface area contributed by atoms with E-state index in [0.717, 1.165) is 16.3 Å². The zero-order valence-electron chi connectivity index (χ0n) is 10.2. The van der Waals surface area contributed by atoms with E-state index in [1.165, 1.54) is 30.6 Å². The molecule has 0 saturated carbocycles. The van der Waals surface area contributed by atoms with Gasteiger partial charge in [-0.25, -0.2) is 9.37 Å². The van der Waals surface area contributed by atoms with Gasteiger partial charge < -0.3 is 4.74 Å². The maximum absolute atomic E-state index is 13.0. The lowest BCUT2D eigenvalue weighted by Crippen LogP contribution is -2.01.